The van der Waals surface area contributed by atoms with Gasteiger partial charge >= 0.3 is 0 Å². The van der Waals surface area contributed by atoms with E-state index in [2.05, 4.69) is 37.9 Å². The number of ether oxygens (including phenoxy) is 1. The molecule has 0 aliphatic carbocycles. The molecule has 3 nitrogen and oxygen atoms in total. The zero-order valence-electron chi connectivity index (χ0n) is 12.2. The molecule has 17 heavy (non-hydrogen) atoms. The van der Waals surface area contributed by atoms with E-state index in [1.807, 2.05) is 7.11 Å². The monoisotopic (exact) mass is 242 g/mol. The van der Waals surface area contributed by atoms with Gasteiger partial charge in [-0.2, -0.15) is 0 Å². The summed E-state index contributed by atoms with van der Waals surface area (Å²) in [5.41, 5.74) is 0. The minimum absolute atomic E-state index is 0.530. The second kappa shape index (κ2) is 7.34. The first kappa shape index (κ1) is 14.9. The van der Waals surface area contributed by atoms with Crippen LogP contribution in [0.15, 0.2) is 0 Å². The molecule has 0 saturated carbocycles. The lowest BCUT2D eigenvalue weighted by atomic mass is 10.0. The molecular weight excluding hydrogens is 212 g/mol. The number of hydrogen-bond acceptors (Lipinski definition) is 3. The van der Waals surface area contributed by atoms with Crippen molar-refractivity contribution in [1.29, 1.82) is 0 Å². The summed E-state index contributed by atoms with van der Waals surface area (Å²) in [4.78, 5) is 2.61. The summed E-state index contributed by atoms with van der Waals surface area (Å²) in [7, 11) is 1.81. The van der Waals surface area contributed by atoms with E-state index in [1.165, 1.54) is 19.4 Å². The van der Waals surface area contributed by atoms with Crippen molar-refractivity contribution in [3.8, 4) is 0 Å². The summed E-state index contributed by atoms with van der Waals surface area (Å²) >= 11 is 0. The van der Waals surface area contributed by atoms with Crippen LogP contribution in [0.3, 0.4) is 0 Å². The summed E-state index contributed by atoms with van der Waals surface area (Å²) in [5, 5.41) is 3.60. The Hall–Kier alpha value is -0.120. The summed E-state index contributed by atoms with van der Waals surface area (Å²) in [6.45, 7) is 12.3. The molecule has 0 radical (unpaired) electrons. The molecular formula is C14H30N2O. The van der Waals surface area contributed by atoms with Gasteiger partial charge in [0, 0.05) is 31.8 Å². The minimum Gasteiger partial charge on any atom is -0.383 e. The van der Waals surface area contributed by atoms with Crippen molar-refractivity contribution in [1.82, 2.24) is 10.2 Å². The first-order chi connectivity index (χ1) is 8.06. The molecule has 0 bridgehead atoms. The Labute approximate surface area is 107 Å². The number of rotatable bonds is 7. The van der Waals surface area contributed by atoms with E-state index in [-0.39, 0.29) is 0 Å². The fourth-order valence-corrected chi connectivity index (χ4v) is 2.74. The average molecular weight is 242 g/mol. The second-order valence-electron chi connectivity index (χ2n) is 5.85. The van der Waals surface area contributed by atoms with Crippen LogP contribution in [0, 0.1) is 5.92 Å². The Morgan fingerprint density at radius 3 is 2.41 bits per heavy atom. The highest BCUT2D eigenvalue weighted by molar-refractivity contribution is 4.84. The molecule has 2 atom stereocenters. The summed E-state index contributed by atoms with van der Waals surface area (Å²) in [6.07, 6.45) is 2.65. The molecule has 0 spiro atoms. The SMILES string of the molecule is COCC(C(C)C)N(CC1CCCN1)C(C)C. The first-order valence-corrected chi connectivity index (χ1v) is 7.04. The summed E-state index contributed by atoms with van der Waals surface area (Å²) < 4.78 is 5.40. The molecule has 1 rings (SSSR count). The smallest absolute Gasteiger partial charge is 0.0620 e. The van der Waals surface area contributed by atoms with E-state index in [4.69, 9.17) is 4.74 Å². The zero-order valence-corrected chi connectivity index (χ0v) is 12.2. The maximum Gasteiger partial charge on any atom is 0.0620 e. The fourth-order valence-electron chi connectivity index (χ4n) is 2.74. The topological polar surface area (TPSA) is 24.5 Å². The maximum atomic E-state index is 5.40. The zero-order chi connectivity index (χ0) is 12.8. The van der Waals surface area contributed by atoms with Crippen LogP contribution >= 0.6 is 0 Å². The quantitative estimate of drug-likeness (QED) is 0.740. The fraction of sp³-hybridized carbons (Fsp3) is 1.00. The Kier molecular flexibility index (Phi) is 6.45. The van der Waals surface area contributed by atoms with Gasteiger partial charge in [0.05, 0.1) is 6.61 Å². The Morgan fingerprint density at radius 1 is 1.29 bits per heavy atom. The van der Waals surface area contributed by atoms with Crippen molar-refractivity contribution in [2.24, 2.45) is 5.92 Å². The van der Waals surface area contributed by atoms with Gasteiger partial charge in [0.15, 0.2) is 0 Å². The third-order valence-electron chi connectivity index (χ3n) is 3.79. The van der Waals surface area contributed by atoms with Crippen LogP contribution in [0.1, 0.15) is 40.5 Å². The van der Waals surface area contributed by atoms with Gasteiger partial charge in [0.1, 0.15) is 0 Å². The van der Waals surface area contributed by atoms with Gasteiger partial charge in [-0.15, -0.1) is 0 Å². The van der Waals surface area contributed by atoms with E-state index in [1.54, 1.807) is 0 Å². The Balaban J connectivity index is 2.60. The first-order valence-electron chi connectivity index (χ1n) is 7.04. The number of methoxy groups -OCH3 is 1. The highest BCUT2D eigenvalue weighted by Gasteiger charge is 2.27. The average Bonchev–Trinajstić information content (AvgIpc) is 2.75. The molecule has 1 heterocycles. The molecule has 0 amide bonds. The van der Waals surface area contributed by atoms with Crippen LogP contribution in [0.25, 0.3) is 0 Å². The van der Waals surface area contributed by atoms with Crippen LogP contribution in [-0.2, 0) is 4.74 Å². The molecule has 0 aromatic rings. The van der Waals surface area contributed by atoms with Crippen molar-refractivity contribution in [3.63, 3.8) is 0 Å². The normalized spacial score (nSPS) is 22.9. The van der Waals surface area contributed by atoms with Gasteiger partial charge in [-0.05, 0) is 39.2 Å². The highest BCUT2D eigenvalue weighted by Crippen LogP contribution is 2.17. The Morgan fingerprint density at radius 2 is 2.00 bits per heavy atom. The molecule has 1 N–H and O–H groups in total. The van der Waals surface area contributed by atoms with Crippen LogP contribution < -0.4 is 5.32 Å². The van der Waals surface area contributed by atoms with E-state index < -0.39 is 0 Å². The van der Waals surface area contributed by atoms with E-state index in [0.29, 0.717) is 24.0 Å². The standard InChI is InChI=1S/C14H30N2O/c1-11(2)14(10-17-5)16(12(3)4)9-13-7-6-8-15-13/h11-15H,6-10H2,1-5H3. The van der Waals surface area contributed by atoms with Crippen LogP contribution in [-0.4, -0.2) is 49.8 Å². The highest BCUT2D eigenvalue weighted by atomic mass is 16.5. The molecule has 1 aliphatic heterocycles. The van der Waals surface area contributed by atoms with Gasteiger partial charge < -0.3 is 10.1 Å². The molecule has 2 unspecified atom stereocenters. The molecule has 0 aromatic carbocycles. The van der Waals surface area contributed by atoms with Crippen molar-refractivity contribution in [3.05, 3.63) is 0 Å². The molecule has 102 valence electrons. The third kappa shape index (κ3) is 4.57. The Bertz CT molecular complexity index is 200. The van der Waals surface area contributed by atoms with E-state index in [0.717, 1.165) is 13.2 Å². The van der Waals surface area contributed by atoms with Crippen LogP contribution in [0.2, 0.25) is 0 Å². The number of nitrogens with one attached hydrogen (secondary N) is 1. The summed E-state index contributed by atoms with van der Waals surface area (Å²) in [5.74, 6) is 0.638. The second-order valence-corrected chi connectivity index (χ2v) is 5.85. The maximum absolute atomic E-state index is 5.40. The predicted molar refractivity (Wildman–Crippen MR) is 73.4 cm³/mol. The van der Waals surface area contributed by atoms with Crippen molar-refractivity contribution >= 4 is 0 Å². The molecule has 0 aromatic heterocycles. The van der Waals surface area contributed by atoms with E-state index >= 15 is 0 Å². The molecule has 1 saturated heterocycles. The number of nitrogens with zero attached hydrogens (tertiary/aromatic N) is 1. The number of hydrogen-bond donors (Lipinski definition) is 1. The molecule has 1 aliphatic rings. The lowest BCUT2D eigenvalue weighted by molar-refractivity contribution is 0.0398. The van der Waals surface area contributed by atoms with Gasteiger partial charge in [0.2, 0.25) is 0 Å². The van der Waals surface area contributed by atoms with Crippen molar-refractivity contribution in [2.45, 2.75) is 58.7 Å². The van der Waals surface area contributed by atoms with Gasteiger partial charge in [-0.25, -0.2) is 0 Å². The molecule has 1 fully saturated rings. The largest absolute Gasteiger partial charge is 0.383 e. The minimum atomic E-state index is 0.530. The van der Waals surface area contributed by atoms with E-state index in [9.17, 15) is 0 Å². The van der Waals surface area contributed by atoms with Crippen LogP contribution in [0.5, 0.6) is 0 Å². The molecule has 3 heteroatoms. The third-order valence-corrected chi connectivity index (χ3v) is 3.79. The lowest BCUT2D eigenvalue weighted by Gasteiger charge is -2.38. The van der Waals surface area contributed by atoms with Gasteiger partial charge in [0.25, 0.3) is 0 Å². The summed E-state index contributed by atoms with van der Waals surface area (Å²) in [6, 6.07) is 1.79. The lowest BCUT2D eigenvalue weighted by Crippen LogP contribution is -2.50. The van der Waals surface area contributed by atoms with Crippen molar-refractivity contribution in [2.75, 3.05) is 26.8 Å². The van der Waals surface area contributed by atoms with Gasteiger partial charge in [-0.3, -0.25) is 4.90 Å². The predicted octanol–water partition coefficient (Wildman–Crippen LogP) is 2.12. The van der Waals surface area contributed by atoms with Crippen molar-refractivity contribution < 1.29 is 4.74 Å². The van der Waals surface area contributed by atoms with Gasteiger partial charge in [-0.1, -0.05) is 13.8 Å². The van der Waals surface area contributed by atoms with Crippen LogP contribution in [0.4, 0.5) is 0 Å².